The van der Waals surface area contributed by atoms with Crippen molar-refractivity contribution in [1.82, 2.24) is 0 Å². The number of thiophene rings is 1. The minimum absolute atomic E-state index is 1.09. The molecule has 0 aliphatic heterocycles. The van der Waals surface area contributed by atoms with Gasteiger partial charge in [-0.3, -0.25) is 0 Å². The molecule has 2 nitrogen and oxygen atoms in total. The number of hydrogen-bond donors (Lipinski definition) is 1. The number of rotatable bonds is 6. The third-order valence-electron chi connectivity index (χ3n) is 9.20. The predicted molar refractivity (Wildman–Crippen MR) is 210 cm³/mol. The van der Waals surface area contributed by atoms with Crippen molar-refractivity contribution in [2.45, 2.75) is 0 Å². The molecule has 0 aliphatic carbocycles. The number of hydrogen-bond acceptors (Lipinski definition) is 3. The molecule has 0 saturated carbocycles. The van der Waals surface area contributed by atoms with E-state index < -0.39 is 0 Å². The number of anilines is 5. The van der Waals surface area contributed by atoms with E-state index in [4.69, 9.17) is 0 Å². The van der Waals surface area contributed by atoms with Crippen LogP contribution < -0.4 is 37.5 Å². The molecule has 0 spiro atoms. The second kappa shape index (κ2) is 11.5. The molecule has 44 heavy (non-hydrogen) atoms. The van der Waals surface area contributed by atoms with Crippen LogP contribution in [0.2, 0.25) is 0 Å². The molecule has 0 saturated heterocycles. The zero-order valence-corrected chi connectivity index (χ0v) is 26.7. The first-order valence-electron chi connectivity index (χ1n) is 15.2. The van der Waals surface area contributed by atoms with Crippen molar-refractivity contribution in [3.05, 3.63) is 121 Å². The van der Waals surface area contributed by atoms with E-state index in [1.165, 1.54) is 58.6 Å². The Balaban J connectivity index is 1.24. The molecule has 7 rings (SSSR count). The van der Waals surface area contributed by atoms with E-state index in [1.807, 2.05) is 11.3 Å². The molecule has 0 fully saturated rings. The topological polar surface area (TPSA) is 15.3 Å². The Labute approximate surface area is 268 Å². The number of nitrogens with one attached hydrogen (secondary N) is 1. The molecular weight excluding hydrogens is 547 g/mol. The minimum Gasteiger partial charge on any atom is -0.356 e. The Morgan fingerprint density at radius 2 is 0.955 bits per heavy atom. The van der Waals surface area contributed by atoms with Gasteiger partial charge in [-0.1, -0.05) is 59.5 Å². The van der Waals surface area contributed by atoms with E-state index in [-0.39, 0.29) is 0 Å². The van der Waals surface area contributed by atoms with Crippen LogP contribution in [0.15, 0.2) is 121 Å². The van der Waals surface area contributed by atoms with Crippen LogP contribution in [0.4, 0.5) is 28.4 Å². The maximum absolute atomic E-state index is 3.67. The Hall–Kier alpha value is -4.54. The molecule has 0 radical (unpaired) electrons. The van der Waals surface area contributed by atoms with Gasteiger partial charge in [-0.2, -0.15) is 0 Å². The summed E-state index contributed by atoms with van der Waals surface area (Å²) in [5.41, 5.74) is 15.2. The summed E-state index contributed by atoms with van der Waals surface area (Å²) in [7, 11) is 11.2. The van der Waals surface area contributed by atoms with Crippen molar-refractivity contribution < 1.29 is 0 Å². The van der Waals surface area contributed by atoms with Crippen LogP contribution >= 0.6 is 11.3 Å². The van der Waals surface area contributed by atoms with Crippen LogP contribution in [0, 0.1) is 0 Å². The smallest absolute Gasteiger partial charge is 0.139 e. The van der Waals surface area contributed by atoms with Gasteiger partial charge in [-0.25, -0.2) is 0 Å². The van der Waals surface area contributed by atoms with Crippen LogP contribution in [0.1, 0.15) is 0 Å². The third-order valence-corrected chi connectivity index (χ3v) is 10.4. The summed E-state index contributed by atoms with van der Waals surface area (Å²) in [6, 6.07) is 43.6. The highest BCUT2D eigenvalue weighted by molar-refractivity contribution is 7.25. The number of benzene rings is 6. The molecule has 6 aromatic carbocycles. The monoisotopic (exact) mass is 578 g/mol. The fraction of sp³-hybridized carbons (Fsp3) is 0. The van der Waals surface area contributed by atoms with E-state index in [9.17, 15) is 0 Å². The lowest BCUT2D eigenvalue weighted by molar-refractivity contribution is 1.29. The lowest BCUT2D eigenvalue weighted by Crippen LogP contribution is -2.55. The third kappa shape index (κ3) is 5.04. The van der Waals surface area contributed by atoms with Crippen molar-refractivity contribution in [2.75, 3.05) is 10.2 Å². The second-order valence-corrected chi connectivity index (χ2v) is 12.8. The first-order chi connectivity index (χ1) is 21.4. The molecule has 8 heteroatoms. The van der Waals surface area contributed by atoms with Crippen molar-refractivity contribution in [3.8, 4) is 11.1 Å². The Morgan fingerprint density at radius 3 is 1.55 bits per heavy atom. The van der Waals surface area contributed by atoms with Crippen LogP contribution in [-0.2, 0) is 0 Å². The van der Waals surface area contributed by atoms with Gasteiger partial charge in [0.25, 0.3) is 0 Å². The largest absolute Gasteiger partial charge is 0.356 e. The fourth-order valence-electron chi connectivity index (χ4n) is 6.40. The fourth-order valence-corrected chi connectivity index (χ4v) is 7.47. The van der Waals surface area contributed by atoms with Crippen molar-refractivity contribution in [1.29, 1.82) is 0 Å². The summed E-state index contributed by atoms with van der Waals surface area (Å²) in [6.07, 6.45) is 0. The average molecular weight is 578 g/mol. The molecule has 206 valence electrons. The highest BCUT2D eigenvalue weighted by Crippen LogP contribution is 2.41. The zero-order valence-electron chi connectivity index (χ0n) is 25.9. The summed E-state index contributed by atoms with van der Waals surface area (Å²) in [5, 5.41) is 6.22. The maximum Gasteiger partial charge on any atom is 0.139 e. The standard InChI is InChI=1S/C36H31B5N2S/c37-32-31(33(38)35(40)36(41)34(32)39)21-11-13-22(14-12-21)42-23-15-17-29-27(19-23)28-20-26(16-18-30(28)44-29)43(24-7-3-1-4-8-24)25-9-5-2-6-10-25/h1-20,42H,37-41H2. The quantitative estimate of drug-likeness (QED) is 0.305. The lowest BCUT2D eigenvalue weighted by atomic mass is 9.60. The first kappa shape index (κ1) is 28.2. The normalized spacial score (nSPS) is 11.2. The van der Waals surface area contributed by atoms with E-state index in [0.717, 1.165) is 28.4 Å². The Kier molecular flexibility index (Phi) is 7.39. The number of fused-ring (bicyclic) bond motifs is 3. The molecule has 0 amide bonds. The molecule has 0 atom stereocenters. The van der Waals surface area contributed by atoms with Gasteiger partial charge >= 0.3 is 0 Å². The molecule has 0 aliphatic rings. The van der Waals surface area contributed by atoms with Gasteiger partial charge in [0, 0.05) is 48.6 Å². The van der Waals surface area contributed by atoms with E-state index in [1.54, 1.807) is 0 Å². The molecular formula is C36H31B5N2S. The van der Waals surface area contributed by atoms with Crippen LogP contribution in [0.25, 0.3) is 31.3 Å². The van der Waals surface area contributed by atoms with Crippen LogP contribution in [-0.4, -0.2) is 39.2 Å². The summed E-state index contributed by atoms with van der Waals surface area (Å²) in [6.45, 7) is 0. The van der Waals surface area contributed by atoms with Crippen LogP contribution in [0.5, 0.6) is 0 Å². The van der Waals surface area contributed by atoms with Gasteiger partial charge in [0.1, 0.15) is 39.2 Å². The second-order valence-electron chi connectivity index (χ2n) is 11.7. The highest BCUT2D eigenvalue weighted by Gasteiger charge is 2.15. The summed E-state index contributed by atoms with van der Waals surface area (Å²) in [4.78, 5) is 2.33. The van der Waals surface area contributed by atoms with Crippen LogP contribution in [0.3, 0.4) is 0 Å². The molecule has 1 N–H and O–H groups in total. The van der Waals surface area contributed by atoms with Gasteiger partial charge in [0.2, 0.25) is 0 Å². The maximum atomic E-state index is 3.67. The highest BCUT2D eigenvalue weighted by atomic mass is 32.1. The van der Waals surface area contributed by atoms with Crippen molar-refractivity contribution >= 4 is 126 Å². The zero-order chi connectivity index (χ0) is 30.4. The van der Waals surface area contributed by atoms with Crippen molar-refractivity contribution in [2.24, 2.45) is 0 Å². The number of para-hydroxylation sites is 2. The van der Waals surface area contributed by atoms with Crippen molar-refractivity contribution in [3.63, 3.8) is 0 Å². The molecule has 1 aromatic heterocycles. The number of nitrogens with zero attached hydrogens (tertiary/aromatic N) is 1. The molecule has 0 unspecified atom stereocenters. The first-order valence-corrected chi connectivity index (χ1v) is 16.0. The summed E-state index contributed by atoms with van der Waals surface area (Å²) in [5.74, 6) is 0. The van der Waals surface area contributed by atoms with Gasteiger partial charge in [-0.15, -0.1) is 27.7 Å². The van der Waals surface area contributed by atoms with Gasteiger partial charge < -0.3 is 10.2 Å². The summed E-state index contributed by atoms with van der Waals surface area (Å²) >= 11 is 1.85. The van der Waals surface area contributed by atoms with Gasteiger partial charge in [0.15, 0.2) is 0 Å². The van der Waals surface area contributed by atoms with E-state index >= 15 is 0 Å². The Morgan fingerprint density at radius 1 is 0.455 bits per heavy atom. The Bertz CT molecular complexity index is 2080. The van der Waals surface area contributed by atoms with E-state index in [2.05, 4.69) is 171 Å². The molecule has 7 aromatic rings. The average Bonchev–Trinajstić information content (AvgIpc) is 3.42. The van der Waals surface area contributed by atoms with Gasteiger partial charge in [-0.05, 0) is 83.9 Å². The molecule has 0 bridgehead atoms. The van der Waals surface area contributed by atoms with E-state index in [0.29, 0.717) is 0 Å². The predicted octanol–water partition coefficient (Wildman–Crippen LogP) is 2.23. The molecule has 1 heterocycles. The SMILES string of the molecule is Bc1c(B)c(B)c(-c2ccc(Nc3ccc4sc5ccc(N(c6ccccc6)c6ccccc6)cc5c4c3)cc2)c(B)c1B. The lowest BCUT2D eigenvalue weighted by Gasteiger charge is -2.25. The minimum atomic E-state index is 1.09. The summed E-state index contributed by atoms with van der Waals surface area (Å²) < 4.78 is 2.58. The van der Waals surface area contributed by atoms with Gasteiger partial charge in [0.05, 0.1) is 0 Å².